The molecule has 2 aromatic rings. The number of nitrogens with one attached hydrogen (secondary N) is 1. The fourth-order valence-corrected chi connectivity index (χ4v) is 4.11. The van der Waals surface area contributed by atoms with E-state index in [0.29, 0.717) is 6.04 Å². The van der Waals surface area contributed by atoms with Crippen LogP contribution in [0.3, 0.4) is 0 Å². The van der Waals surface area contributed by atoms with Crippen molar-refractivity contribution in [3.05, 3.63) is 41.0 Å². The summed E-state index contributed by atoms with van der Waals surface area (Å²) in [6.07, 6.45) is 4.67. The molecule has 122 valence electrons. The lowest BCUT2D eigenvalue weighted by Gasteiger charge is -2.42. The first-order chi connectivity index (χ1) is 11.2. The Morgan fingerprint density at radius 1 is 1.26 bits per heavy atom. The first-order valence-electron chi connectivity index (χ1n) is 8.47. The monoisotopic (exact) mass is 330 g/mol. The molecule has 0 saturated carbocycles. The lowest BCUT2D eigenvalue weighted by molar-refractivity contribution is 0.0541. The first-order valence-corrected chi connectivity index (χ1v) is 8.85. The second-order valence-corrected chi connectivity index (χ2v) is 7.28. The summed E-state index contributed by atoms with van der Waals surface area (Å²) in [6.45, 7) is 6.95. The Balaban J connectivity index is 1.53. The predicted octanol–water partition coefficient (Wildman–Crippen LogP) is 3.40. The number of benzene rings is 1. The van der Waals surface area contributed by atoms with Crippen LogP contribution in [-0.2, 0) is 6.54 Å². The van der Waals surface area contributed by atoms with Crippen molar-refractivity contribution in [2.45, 2.75) is 38.4 Å². The minimum absolute atomic E-state index is 0.595. The van der Waals surface area contributed by atoms with Gasteiger partial charge in [-0.05, 0) is 44.0 Å². The Morgan fingerprint density at radius 3 is 2.91 bits per heavy atom. The van der Waals surface area contributed by atoms with Crippen LogP contribution < -0.4 is 0 Å². The summed E-state index contributed by atoms with van der Waals surface area (Å²) in [4.78, 5) is 5.27. The zero-order chi connectivity index (χ0) is 15.8. The molecule has 2 aliphatic rings. The Hall–Kier alpha value is -1.36. The van der Waals surface area contributed by atoms with Gasteiger partial charge >= 0.3 is 0 Å². The van der Waals surface area contributed by atoms with E-state index in [4.69, 9.17) is 11.6 Å². The fourth-order valence-electron chi connectivity index (χ4n) is 3.98. The van der Waals surface area contributed by atoms with Crippen LogP contribution in [0, 0.1) is 0 Å². The van der Waals surface area contributed by atoms with E-state index < -0.39 is 0 Å². The van der Waals surface area contributed by atoms with E-state index in [9.17, 15) is 0 Å². The van der Waals surface area contributed by atoms with Gasteiger partial charge in [-0.1, -0.05) is 23.7 Å². The van der Waals surface area contributed by atoms with Gasteiger partial charge in [0.2, 0.25) is 0 Å². The van der Waals surface area contributed by atoms with E-state index in [2.05, 4.69) is 39.1 Å². The molecule has 2 aliphatic heterocycles. The van der Waals surface area contributed by atoms with E-state index in [-0.39, 0.29) is 0 Å². The van der Waals surface area contributed by atoms with Crippen molar-refractivity contribution >= 4 is 11.6 Å². The van der Waals surface area contributed by atoms with Crippen LogP contribution in [0.5, 0.6) is 0 Å². The number of H-pyrrole nitrogens is 1. The molecule has 1 N–H and O–H groups in total. The first kappa shape index (κ1) is 15.2. The van der Waals surface area contributed by atoms with E-state index in [1.165, 1.54) is 38.0 Å². The fraction of sp³-hybridized carbons (Fsp3) is 0.500. The highest BCUT2D eigenvalue weighted by molar-refractivity contribution is 6.30. The smallest absolute Gasteiger partial charge is 0.0695 e. The Labute approximate surface area is 142 Å². The average Bonchev–Trinajstić information content (AvgIpc) is 3.17. The number of fused-ring (bicyclic) bond motifs is 1. The lowest BCUT2D eigenvalue weighted by Crippen LogP contribution is -2.54. The summed E-state index contributed by atoms with van der Waals surface area (Å²) in [7, 11) is 0. The van der Waals surface area contributed by atoms with Crippen molar-refractivity contribution < 1.29 is 0 Å². The van der Waals surface area contributed by atoms with Gasteiger partial charge in [-0.3, -0.25) is 14.9 Å². The third-order valence-electron chi connectivity index (χ3n) is 5.29. The van der Waals surface area contributed by atoms with Crippen LogP contribution in [0.1, 0.15) is 25.3 Å². The molecule has 1 aromatic carbocycles. The molecule has 0 aliphatic carbocycles. The van der Waals surface area contributed by atoms with Crippen molar-refractivity contribution in [2.75, 3.05) is 19.6 Å². The van der Waals surface area contributed by atoms with Crippen LogP contribution in [0.25, 0.3) is 11.3 Å². The summed E-state index contributed by atoms with van der Waals surface area (Å²) in [5.74, 6) is 0. The van der Waals surface area contributed by atoms with Gasteiger partial charge < -0.3 is 0 Å². The van der Waals surface area contributed by atoms with Gasteiger partial charge in [-0.25, -0.2) is 0 Å². The minimum atomic E-state index is 0.595. The maximum Gasteiger partial charge on any atom is 0.0695 e. The predicted molar refractivity (Wildman–Crippen MR) is 93.5 cm³/mol. The van der Waals surface area contributed by atoms with Crippen LogP contribution in [0.2, 0.25) is 5.02 Å². The summed E-state index contributed by atoms with van der Waals surface area (Å²) < 4.78 is 0. The topological polar surface area (TPSA) is 35.2 Å². The van der Waals surface area contributed by atoms with Gasteiger partial charge in [0.1, 0.15) is 0 Å². The van der Waals surface area contributed by atoms with Gasteiger partial charge in [0.05, 0.1) is 11.9 Å². The Morgan fingerprint density at radius 2 is 2.09 bits per heavy atom. The molecule has 0 amide bonds. The number of piperazine rings is 1. The number of halogens is 1. The number of aromatic amines is 1. The van der Waals surface area contributed by atoms with Crippen molar-refractivity contribution in [3.63, 3.8) is 0 Å². The maximum atomic E-state index is 6.00. The summed E-state index contributed by atoms with van der Waals surface area (Å²) in [5, 5.41) is 8.21. The van der Waals surface area contributed by atoms with Crippen molar-refractivity contribution in [3.8, 4) is 11.3 Å². The minimum Gasteiger partial charge on any atom is -0.298 e. The number of rotatable bonds is 3. The van der Waals surface area contributed by atoms with E-state index in [0.717, 1.165) is 28.9 Å². The van der Waals surface area contributed by atoms with Gasteiger partial charge in [0.25, 0.3) is 0 Å². The number of hydrogen-bond donors (Lipinski definition) is 1. The third kappa shape index (κ3) is 3.03. The Bertz CT molecular complexity index is 666. The zero-order valence-electron chi connectivity index (χ0n) is 13.5. The second-order valence-electron chi connectivity index (χ2n) is 6.85. The molecule has 2 fully saturated rings. The SMILES string of the molecule is C[C@H]1CN2CCC[C@H]2CN1Cc1cn[nH]c1-c1ccc(Cl)cc1. The van der Waals surface area contributed by atoms with Crippen LogP contribution in [0.15, 0.2) is 30.5 Å². The summed E-state index contributed by atoms with van der Waals surface area (Å²) in [6, 6.07) is 9.31. The molecule has 4 nitrogen and oxygen atoms in total. The molecule has 2 atom stereocenters. The molecule has 0 unspecified atom stereocenters. The maximum absolute atomic E-state index is 6.00. The van der Waals surface area contributed by atoms with Crippen molar-refractivity contribution in [2.24, 2.45) is 0 Å². The number of nitrogens with zero attached hydrogens (tertiary/aromatic N) is 3. The molecular weight excluding hydrogens is 308 g/mol. The molecule has 0 radical (unpaired) electrons. The average molecular weight is 331 g/mol. The van der Waals surface area contributed by atoms with E-state index in [1.54, 1.807) is 0 Å². The van der Waals surface area contributed by atoms with Crippen LogP contribution in [-0.4, -0.2) is 51.7 Å². The molecule has 1 aromatic heterocycles. The van der Waals surface area contributed by atoms with Crippen LogP contribution in [0.4, 0.5) is 0 Å². The largest absolute Gasteiger partial charge is 0.298 e. The molecule has 4 rings (SSSR count). The quantitative estimate of drug-likeness (QED) is 0.936. The second kappa shape index (κ2) is 6.27. The zero-order valence-corrected chi connectivity index (χ0v) is 14.3. The molecule has 0 spiro atoms. The van der Waals surface area contributed by atoms with Gasteiger partial charge in [-0.15, -0.1) is 0 Å². The van der Waals surface area contributed by atoms with Crippen molar-refractivity contribution in [1.82, 2.24) is 20.0 Å². The van der Waals surface area contributed by atoms with E-state index in [1.807, 2.05) is 18.3 Å². The Kier molecular flexibility index (Phi) is 4.14. The molecular formula is C18H23ClN4. The van der Waals surface area contributed by atoms with Gasteiger partial charge in [0, 0.05) is 42.3 Å². The van der Waals surface area contributed by atoms with Crippen molar-refractivity contribution in [1.29, 1.82) is 0 Å². The van der Waals surface area contributed by atoms with Crippen LogP contribution >= 0.6 is 11.6 Å². The summed E-state index contributed by atoms with van der Waals surface area (Å²) >= 11 is 6.00. The number of hydrogen-bond acceptors (Lipinski definition) is 3. The third-order valence-corrected chi connectivity index (χ3v) is 5.54. The highest BCUT2D eigenvalue weighted by atomic mass is 35.5. The number of aromatic nitrogens is 2. The highest BCUT2D eigenvalue weighted by Crippen LogP contribution is 2.28. The lowest BCUT2D eigenvalue weighted by atomic mass is 10.0. The molecule has 0 bridgehead atoms. The molecule has 23 heavy (non-hydrogen) atoms. The van der Waals surface area contributed by atoms with E-state index >= 15 is 0 Å². The summed E-state index contributed by atoms with van der Waals surface area (Å²) in [5.41, 5.74) is 3.53. The molecule has 3 heterocycles. The standard InChI is InChI=1S/C18H23ClN4/c1-13-10-22-8-2-3-17(22)12-23(13)11-15-9-20-21-18(15)14-4-6-16(19)7-5-14/h4-7,9,13,17H,2-3,8,10-12H2,1H3,(H,20,21)/t13-,17-/m0/s1. The van der Waals surface area contributed by atoms with Gasteiger partial charge in [0.15, 0.2) is 0 Å². The highest BCUT2D eigenvalue weighted by Gasteiger charge is 2.34. The van der Waals surface area contributed by atoms with Gasteiger partial charge in [-0.2, -0.15) is 5.10 Å². The molecule has 2 saturated heterocycles. The normalized spacial score (nSPS) is 25.7. The molecule has 5 heteroatoms.